The van der Waals surface area contributed by atoms with E-state index < -0.39 is 6.16 Å². The molecule has 0 atom stereocenters. The Labute approximate surface area is 94.4 Å². The lowest BCUT2D eigenvalue weighted by Gasteiger charge is -1.98. The first-order chi connectivity index (χ1) is 7.17. The van der Waals surface area contributed by atoms with E-state index >= 15 is 0 Å². The van der Waals surface area contributed by atoms with E-state index in [4.69, 9.17) is 9.47 Å². The summed E-state index contributed by atoms with van der Waals surface area (Å²) in [6.07, 6.45) is 2.15. The van der Waals surface area contributed by atoms with Crippen molar-refractivity contribution in [3.8, 4) is 5.88 Å². The van der Waals surface area contributed by atoms with Gasteiger partial charge in [-0.2, -0.15) is 4.98 Å². The minimum Gasteiger partial charge on any atom is -0.504 e. The predicted octanol–water partition coefficient (Wildman–Crippen LogP) is 1.93. The first-order valence-corrected chi connectivity index (χ1v) is 4.67. The van der Waals surface area contributed by atoms with Crippen LogP contribution in [0.15, 0.2) is 11.0 Å². The molecule has 1 rings (SSSR count). The molecular weight excluding hydrogens is 268 g/mol. The number of hydrogen-bond acceptors (Lipinski definition) is 5. The van der Waals surface area contributed by atoms with Crippen LogP contribution >= 0.6 is 15.9 Å². The third-order valence-electron chi connectivity index (χ3n) is 1.39. The molecule has 6 nitrogen and oxygen atoms in total. The lowest BCUT2D eigenvalue weighted by atomic mass is 10.4. The molecule has 0 saturated heterocycles. The van der Waals surface area contributed by atoms with Crippen LogP contribution in [0.5, 0.6) is 5.88 Å². The smallest absolute Gasteiger partial charge is 0.504 e. The van der Waals surface area contributed by atoms with Crippen molar-refractivity contribution in [2.45, 2.75) is 0 Å². The van der Waals surface area contributed by atoms with Gasteiger partial charge in [-0.15, -0.1) is 0 Å². The molecule has 0 aliphatic rings. The van der Waals surface area contributed by atoms with Crippen LogP contribution in [0.4, 0.5) is 4.79 Å². The predicted molar refractivity (Wildman–Crippen MR) is 55.4 cm³/mol. The molecule has 1 aromatic heterocycles. The quantitative estimate of drug-likeness (QED) is 0.675. The minimum atomic E-state index is -0.832. The van der Waals surface area contributed by atoms with Crippen molar-refractivity contribution in [2.24, 2.45) is 0 Å². The number of H-pyrrole nitrogens is 1. The number of imidazole rings is 1. The third kappa shape index (κ3) is 3.28. The lowest BCUT2D eigenvalue weighted by Crippen LogP contribution is -2.08. The molecule has 0 aliphatic heterocycles. The van der Waals surface area contributed by atoms with E-state index in [9.17, 15) is 4.79 Å². The Bertz CT molecular complexity index is 375. The van der Waals surface area contributed by atoms with E-state index in [2.05, 4.69) is 30.6 Å². The summed E-state index contributed by atoms with van der Waals surface area (Å²) < 4.78 is 14.3. The monoisotopic (exact) mass is 276 g/mol. The summed E-state index contributed by atoms with van der Waals surface area (Å²) in [5.74, 6) is 0.113. The Hall–Kier alpha value is -1.50. The highest BCUT2D eigenvalue weighted by molar-refractivity contribution is 9.10. The van der Waals surface area contributed by atoms with Crippen LogP contribution in [0.1, 0.15) is 5.69 Å². The van der Waals surface area contributed by atoms with Gasteiger partial charge in [0.2, 0.25) is 0 Å². The van der Waals surface area contributed by atoms with Crippen molar-refractivity contribution in [3.05, 3.63) is 16.7 Å². The van der Waals surface area contributed by atoms with Gasteiger partial charge in [0, 0.05) is 6.08 Å². The molecule has 15 heavy (non-hydrogen) atoms. The number of aromatic nitrogens is 2. The molecule has 0 aliphatic carbocycles. The fourth-order valence-corrected chi connectivity index (χ4v) is 1.16. The number of aromatic amines is 1. The summed E-state index contributed by atoms with van der Waals surface area (Å²) in [7, 11) is 2.72. The van der Waals surface area contributed by atoms with Gasteiger partial charge in [0.05, 0.1) is 20.5 Å². The van der Waals surface area contributed by atoms with Crippen LogP contribution in [0.3, 0.4) is 0 Å². The molecule has 0 spiro atoms. The van der Waals surface area contributed by atoms with E-state index in [1.165, 1.54) is 20.5 Å². The number of rotatable bonds is 3. The molecule has 1 aromatic rings. The summed E-state index contributed by atoms with van der Waals surface area (Å²) in [6.45, 7) is 0. The Morgan fingerprint density at radius 3 is 2.87 bits per heavy atom. The topological polar surface area (TPSA) is 73.4 Å². The van der Waals surface area contributed by atoms with Crippen LogP contribution in [0, 0.1) is 0 Å². The Morgan fingerprint density at radius 1 is 1.53 bits per heavy atom. The maximum Gasteiger partial charge on any atom is 0.514 e. The number of halogens is 1. The van der Waals surface area contributed by atoms with Crippen LogP contribution in [-0.2, 0) is 9.47 Å². The molecule has 0 aromatic carbocycles. The third-order valence-corrected chi connectivity index (χ3v) is 1.76. The summed E-state index contributed by atoms with van der Waals surface area (Å²) in [5.41, 5.74) is 0.495. The second kappa shape index (κ2) is 5.40. The number of carbonyl (C=O) groups is 1. The molecule has 0 amide bonds. The molecule has 0 fully saturated rings. The molecular formula is C8H9BrN2O4. The Kier molecular flexibility index (Phi) is 4.17. The molecule has 82 valence electrons. The van der Waals surface area contributed by atoms with E-state index in [0.717, 1.165) is 0 Å². The Morgan fingerprint density at radius 2 is 2.27 bits per heavy atom. The number of carbonyl (C=O) groups excluding carboxylic acids is 1. The van der Waals surface area contributed by atoms with E-state index in [0.29, 0.717) is 10.4 Å². The number of ether oxygens (including phenoxy) is 3. The van der Waals surface area contributed by atoms with Crippen molar-refractivity contribution >= 4 is 28.2 Å². The van der Waals surface area contributed by atoms with Crippen molar-refractivity contribution in [1.29, 1.82) is 0 Å². The molecule has 1 heterocycles. The molecule has 1 N–H and O–H groups in total. The standard InChI is InChI=1S/C8H9BrN2O4/c1-13-4-3-5-6(11-7(9)10-5)15-8(12)14-2/h3-4H,1-2H3,(H,10,11)/b4-3+. The average Bonchev–Trinajstić information content (AvgIpc) is 2.55. The van der Waals surface area contributed by atoms with Crippen molar-refractivity contribution in [1.82, 2.24) is 9.97 Å². The maximum absolute atomic E-state index is 10.8. The second-order valence-electron chi connectivity index (χ2n) is 2.34. The molecule has 0 radical (unpaired) electrons. The zero-order valence-electron chi connectivity index (χ0n) is 8.11. The number of nitrogens with one attached hydrogen (secondary N) is 1. The second-order valence-corrected chi connectivity index (χ2v) is 3.09. The highest BCUT2D eigenvalue weighted by Crippen LogP contribution is 2.20. The van der Waals surface area contributed by atoms with Gasteiger partial charge in [0.15, 0.2) is 4.73 Å². The fraction of sp³-hybridized carbons (Fsp3) is 0.250. The number of nitrogens with zero attached hydrogens (tertiary/aromatic N) is 1. The van der Waals surface area contributed by atoms with Gasteiger partial charge in [-0.05, 0) is 15.9 Å². The van der Waals surface area contributed by atoms with Crippen LogP contribution < -0.4 is 4.74 Å². The highest BCUT2D eigenvalue weighted by Gasteiger charge is 2.12. The van der Waals surface area contributed by atoms with Gasteiger partial charge in [0.1, 0.15) is 5.69 Å². The van der Waals surface area contributed by atoms with Gasteiger partial charge < -0.3 is 19.2 Å². The molecule has 0 unspecified atom stereocenters. The van der Waals surface area contributed by atoms with Crippen molar-refractivity contribution < 1.29 is 19.0 Å². The van der Waals surface area contributed by atoms with Crippen LogP contribution in [0.2, 0.25) is 0 Å². The Balaban J connectivity index is 2.85. The van der Waals surface area contributed by atoms with Crippen molar-refractivity contribution in [3.63, 3.8) is 0 Å². The van der Waals surface area contributed by atoms with Crippen molar-refractivity contribution in [2.75, 3.05) is 14.2 Å². The minimum absolute atomic E-state index is 0.113. The summed E-state index contributed by atoms with van der Waals surface area (Å²) in [5, 5.41) is 0. The highest BCUT2D eigenvalue weighted by atomic mass is 79.9. The lowest BCUT2D eigenvalue weighted by molar-refractivity contribution is 0.119. The molecule has 0 bridgehead atoms. The van der Waals surface area contributed by atoms with E-state index in [-0.39, 0.29) is 5.88 Å². The first kappa shape index (κ1) is 11.6. The molecule has 0 saturated carbocycles. The normalized spacial score (nSPS) is 10.3. The van der Waals surface area contributed by atoms with E-state index in [1.807, 2.05) is 0 Å². The van der Waals surface area contributed by atoms with Gasteiger partial charge >= 0.3 is 6.16 Å². The maximum atomic E-state index is 10.8. The number of hydrogen-bond donors (Lipinski definition) is 1. The largest absolute Gasteiger partial charge is 0.514 e. The van der Waals surface area contributed by atoms with Gasteiger partial charge in [-0.25, -0.2) is 4.79 Å². The van der Waals surface area contributed by atoms with Crippen LogP contribution in [-0.4, -0.2) is 30.3 Å². The summed E-state index contributed by atoms with van der Waals surface area (Å²) >= 11 is 3.11. The fourth-order valence-electron chi connectivity index (χ4n) is 0.789. The summed E-state index contributed by atoms with van der Waals surface area (Å²) in [6, 6.07) is 0. The average molecular weight is 277 g/mol. The zero-order chi connectivity index (χ0) is 11.3. The number of methoxy groups -OCH3 is 2. The van der Waals surface area contributed by atoms with E-state index in [1.54, 1.807) is 6.08 Å². The van der Waals surface area contributed by atoms with Gasteiger partial charge in [-0.1, -0.05) is 0 Å². The zero-order valence-corrected chi connectivity index (χ0v) is 9.70. The van der Waals surface area contributed by atoms with Gasteiger partial charge in [-0.3, -0.25) is 0 Å². The van der Waals surface area contributed by atoms with Gasteiger partial charge in [0.25, 0.3) is 5.88 Å². The molecule has 7 heteroatoms. The van der Waals surface area contributed by atoms with Crippen LogP contribution in [0.25, 0.3) is 6.08 Å². The first-order valence-electron chi connectivity index (χ1n) is 3.88. The SMILES string of the molecule is CO/C=C/c1[nH]c(Br)nc1OC(=O)OC. The summed E-state index contributed by atoms with van der Waals surface area (Å²) in [4.78, 5) is 17.5.